The lowest BCUT2D eigenvalue weighted by Gasteiger charge is -2.35. The summed E-state index contributed by atoms with van der Waals surface area (Å²) in [7, 11) is 2.15. The molecule has 0 bridgehead atoms. The van der Waals surface area contributed by atoms with Gasteiger partial charge >= 0.3 is 0 Å². The standard InChI is InChI=1S/C14H29N/c1-5-8-12(2)11-13(15-4)14(3)9-6-7-10-14/h12-13,15H,5-11H2,1-4H3. The molecule has 1 aliphatic carbocycles. The van der Waals surface area contributed by atoms with E-state index < -0.39 is 0 Å². The molecule has 0 radical (unpaired) electrons. The molecule has 15 heavy (non-hydrogen) atoms. The molecule has 0 saturated heterocycles. The molecule has 1 rings (SSSR count). The van der Waals surface area contributed by atoms with Crippen molar-refractivity contribution >= 4 is 0 Å². The maximum Gasteiger partial charge on any atom is 0.0120 e. The van der Waals surface area contributed by atoms with Crippen LogP contribution in [-0.2, 0) is 0 Å². The molecule has 0 aromatic heterocycles. The number of rotatable bonds is 6. The van der Waals surface area contributed by atoms with Crippen molar-refractivity contribution in [1.82, 2.24) is 5.32 Å². The predicted molar refractivity (Wildman–Crippen MR) is 68.1 cm³/mol. The van der Waals surface area contributed by atoms with Gasteiger partial charge in [-0.05, 0) is 37.6 Å². The Kier molecular flexibility index (Phi) is 5.11. The Labute approximate surface area is 96.0 Å². The lowest BCUT2D eigenvalue weighted by atomic mass is 9.76. The van der Waals surface area contributed by atoms with E-state index in [1.807, 2.05) is 0 Å². The van der Waals surface area contributed by atoms with Gasteiger partial charge in [-0.25, -0.2) is 0 Å². The fourth-order valence-corrected chi connectivity index (χ4v) is 3.29. The first-order valence-electron chi connectivity index (χ1n) is 6.79. The van der Waals surface area contributed by atoms with Gasteiger partial charge < -0.3 is 5.32 Å². The molecule has 1 fully saturated rings. The van der Waals surface area contributed by atoms with Crippen LogP contribution in [0, 0.1) is 11.3 Å². The van der Waals surface area contributed by atoms with Gasteiger partial charge in [-0.1, -0.05) is 46.5 Å². The van der Waals surface area contributed by atoms with Gasteiger partial charge in [0.25, 0.3) is 0 Å². The molecule has 2 unspecified atom stereocenters. The van der Waals surface area contributed by atoms with E-state index in [-0.39, 0.29) is 0 Å². The van der Waals surface area contributed by atoms with Crippen LogP contribution in [0.4, 0.5) is 0 Å². The van der Waals surface area contributed by atoms with Crippen molar-refractivity contribution in [3.8, 4) is 0 Å². The van der Waals surface area contributed by atoms with E-state index >= 15 is 0 Å². The summed E-state index contributed by atoms with van der Waals surface area (Å²) in [6, 6.07) is 0.738. The molecule has 1 aliphatic rings. The van der Waals surface area contributed by atoms with Crippen molar-refractivity contribution in [3.63, 3.8) is 0 Å². The van der Waals surface area contributed by atoms with E-state index in [0.717, 1.165) is 12.0 Å². The highest BCUT2D eigenvalue weighted by Crippen LogP contribution is 2.42. The molecule has 2 atom stereocenters. The summed E-state index contributed by atoms with van der Waals surface area (Å²) in [4.78, 5) is 0. The smallest absolute Gasteiger partial charge is 0.0120 e. The molecule has 1 saturated carbocycles. The van der Waals surface area contributed by atoms with Crippen LogP contribution < -0.4 is 5.32 Å². The van der Waals surface area contributed by atoms with Gasteiger partial charge in [0.15, 0.2) is 0 Å². The van der Waals surface area contributed by atoms with Crippen molar-refractivity contribution < 1.29 is 0 Å². The highest BCUT2D eigenvalue weighted by atomic mass is 14.9. The van der Waals surface area contributed by atoms with Crippen LogP contribution in [0.2, 0.25) is 0 Å². The molecule has 0 spiro atoms. The zero-order valence-electron chi connectivity index (χ0n) is 11.1. The molecular formula is C14H29N. The minimum Gasteiger partial charge on any atom is -0.316 e. The zero-order chi connectivity index (χ0) is 11.3. The van der Waals surface area contributed by atoms with Crippen molar-refractivity contribution in [2.24, 2.45) is 11.3 Å². The van der Waals surface area contributed by atoms with Crippen LogP contribution >= 0.6 is 0 Å². The van der Waals surface area contributed by atoms with Gasteiger partial charge in [-0.15, -0.1) is 0 Å². The maximum atomic E-state index is 3.57. The fraction of sp³-hybridized carbons (Fsp3) is 1.00. The molecule has 0 aromatic rings. The Balaban J connectivity index is 2.47. The average Bonchev–Trinajstić information content (AvgIpc) is 2.63. The summed E-state index contributed by atoms with van der Waals surface area (Å²) in [5.74, 6) is 0.880. The van der Waals surface area contributed by atoms with Crippen LogP contribution in [0.15, 0.2) is 0 Å². The molecule has 0 aliphatic heterocycles. The Bertz CT molecular complexity index is 170. The van der Waals surface area contributed by atoms with Crippen LogP contribution in [0.1, 0.15) is 65.7 Å². The second kappa shape index (κ2) is 5.89. The highest BCUT2D eigenvalue weighted by molar-refractivity contribution is 4.91. The third-order valence-corrected chi connectivity index (χ3v) is 4.36. The Morgan fingerprint density at radius 1 is 1.27 bits per heavy atom. The predicted octanol–water partition coefficient (Wildman–Crippen LogP) is 3.98. The van der Waals surface area contributed by atoms with Crippen molar-refractivity contribution in [3.05, 3.63) is 0 Å². The normalized spacial score (nSPS) is 24.0. The van der Waals surface area contributed by atoms with Gasteiger partial charge in [-0.3, -0.25) is 0 Å². The Hall–Kier alpha value is -0.0400. The molecule has 1 heteroatoms. The summed E-state index contributed by atoms with van der Waals surface area (Å²) in [6.07, 6.45) is 9.81. The molecule has 0 amide bonds. The van der Waals surface area contributed by atoms with E-state index in [2.05, 4.69) is 33.1 Å². The Morgan fingerprint density at radius 3 is 2.33 bits per heavy atom. The second-order valence-electron chi connectivity index (χ2n) is 5.83. The van der Waals surface area contributed by atoms with Crippen molar-refractivity contribution in [2.45, 2.75) is 71.8 Å². The summed E-state index contributed by atoms with van der Waals surface area (Å²) < 4.78 is 0. The maximum absolute atomic E-state index is 3.57. The largest absolute Gasteiger partial charge is 0.316 e. The first kappa shape index (κ1) is 13.0. The van der Waals surface area contributed by atoms with Gasteiger partial charge in [0, 0.05) is 6.04 Å². The molecule has 90 valence electrons. The molecule has 0 aromatic carbocycles. The SMILES string of the molecule is CCCC(C)CC(NC)C1(C)CCCC1. The summed E-state index contributed by atoms with van der Waals surface area (Å²) >= 11 is 0. The minimum atomic E-state index is 0.580. The second-order valence-corrected chi connectivity index (χ2v) is 5.83. The van der Waals surface area contributed by atoms with E-state index in [1.165, 1.54) is 44.9 Å². The molecular weight excluding hydrogens is 182 g/mol. The van der Waals surface area contributed by atoms with Gasteiger partial charge in [-0.2, -0.15) is 0 Å². The van der Waals surface area contributed by atoms with Crippen LogP contribution in [0.3, 0.4) is 0 Å². The first-order valence-corrected chi connectivity index (χ1v) is 6.79. The number of hydrogen-bond donors (Lipinski definition) is 1. The third kappa shape index (κ3) is 3.48. The van der Waals surface area contributed by atoms with Crippen molar-refractivity contribution in [1.29, 1.82) is 0 Å². The van der Waals surface area contributed by atoms with Crippen LogP contribution in [-0.4, -0.2) is 13.1 Å². The van der Waals surface area contributed by atoms with E-state index in [4.69, 9.17) is 0 Å². The third-order valence-electron chi connectivity index (χ3n) is 4.36. The van der Waals surface area contributed by atoms with Gasteiger partial charge in [0.05, 0.1) is 0 Å². The van der Waals surface area contributed by atoms with E-state index in [0.29, 0.717) is 5.41 Å². The lowest BCUT2D eigenvalue weighted by molar-refractivity contribution is 0.197. The fourth-order valence-electron chi connectivity index (χ4n) is 3.29. The molecule has 1 nitrogen and oxygen atoms in total. The number of hydrogen-bond acceptors (Lipinski definition) is 1. The van der Waals surface area contributed by atoms with Gasteiger partial charge in [0.2, 0.25) is 0 Å². The monoisotopic (exact) mass is 211 g/mol. The summed E-state index contributed by atoms with van der Waals surface area (Å²) in [5, 5.41) is 3.57. The summed E-state index contributed by atoms with van der Waals surface area (Å²) in [5.41, 5.74) is 0.580. The zero-order valence-corrected chi connectivity index (χ0v) is 11.1. The quantitative estimate of drug-likeness (QED) is 0.700. The van der Waals surface area contributed by atoms with Crippen LogP contribution in [0.25, 0.3) is 0 Å². The topological polar surface area (TPSA) is 12.0 Å². The van der Waals surface area contributed by atoms with Crippen molar-refractivity contribution in [2.75, 3.05) is 7.05 Å². The van der Waals surface area contributed by atoms with E-state index in [1.54, 1.807) is 0 Å². The minimum absolute atomic E-state index is 0.580. The highest BCUT2D eigenvalue weighted by Gasteiger charge is 2.36. The average molecular weight is 211 g/mol. The first-order chi connectivity index (χ1) is 7.12. The van der Waals surface area contributed by atoms with Crippen LogP contribution in [0.5, 0.6) is 0 Å². The molecule has 1 N–H and O–H groups in total. The molecule has 0 heterocycles. The van der Waals surface area contributed by atoms with Gasteiger partial charge in [0.1, 0.15) is 0 Å². The Morgan fingerprint density at radius 2 is 1.87 bits per heavy atom. The summed E-state index contributed by atoms with van der Waals surface area (Å²) in [6.45, 7) is 7.19. The van der Waals surface area contributed by atoms with E-state index in [9.17, 15) is 0 Å². The lowest BCUT2D eigenvalue weighted by Crippen LogP contribution is -2.41. The number of nitrogens with one attached hydrogen (secondary N) is 1.